The molecule has 150 valence electrons. The second-order valence-corrected chi connectivity index (χ2v) is 8.05. The fraction of sp³-hybridized carbons (Fsp3) is 0.333. The lowest BCUT2D eigenvalue weighted by atomic mass is 10.1. The molecule has 0 bridgehead atoms. The number of fused-ring (bicyclic) bond motifs is 1. The summed E-state index contributed by atoms with van der Waals surface area (Å²) in [5, 5.41) is 1.36. The van der Waals surface area contributed by atoms with Crippen LogP contribution >= 0.6 is 0 Å². The van der Waals surface area contributed by atoms with Crippen LogP contribution in [-0.4, -0.2) is 41.6 Å². The lowest BCUT2D eigenvalue weighted by Gasteiger charge is -2.36. The van der Waals surface area contributed by atoms with Crippen molar-refractivity contribution in [2.75, 3.05) is 31.1 Å². The molecule has 1 aliphatic heterocycles. The van der Waals surface area contributed by atoms with Crippen LogP contribution in [0.3, 0.4) is 0 Å². The maximum absolute atomic E-state index is 13.4. The molecule has 1 aliphatic rings. The number of anilines is 1. The van der Waals surface area contributed by atoms with Crippen molar-refractivity contribution in [3.63, 3.8) is 0 Å². The summed E-state index contributed by atoms with van der Waals surface area (Å²) in [6.07, 6.45) is 1.76. The van der Waals surface area contributed by atoms with E-state index in [1.165, 1.54) is 5.69 Å². The third kappa shape index (κ3) is 3.90. The Bertz CT molecular complexity index is 1060. The average Bonchev–Trinajstić information content (AvgIpc) is 2.76. The van der Waals surface area contributed by atoms with E-state index >= 15 is 0 Å². The van der Waals surface area contributed by atoms with Gasteiger partial charge in [0.25, 0.3) is 11.5 Å². The Morgan fingerprint density at radius 2 is 1.52 bits per heavy atom. The molecule has 0 radical (unpaired) electrons. The number of rotatable bonds is 4. The van der Waals surface area contributed by atoms with Crippen LogP contribution in [0.25, 0.3) is 10.8 Å². The quantitative estimate of drug-likeness (QED) is 0.685. The summed E-state index contributed by atoms with van der Waals surface area (Å²) in [6, 6.07) is 17.7. The monoisotopic (exact) mass is 389 g/mol. The normalized spacial score (nSPS) is 14.6. The predicted octanol–water partition coefficient (Wildman–Crippen LogP) is 3.62. The van der Waals surface area contributed by atoms with Crippen molar-refractivity contribution in [3.8, 4) is 0 Å². The zero-order valence-electron chi connectivity index (χ0n) is 17.0. The Morgan fingerprint density at radius 3 is 2.17 bits per heavy atom. The highest BCUT2D eigenvalue weighted by Crippen LogP contribution is 2.21. The van der Waals surface area contributed by atoms with Gasteiger partial charge < -0.3 is 14.4 Å². The number of hydrogen-bond acceptors (Lipinski definition) is 3. The van der Waals surface area contributed by atoms with Crippen molar-refractivity contribution < 1.29 is 4.79 Å². The third-order valence-electron chi connectivity index (χ3n) is 5.47. The maximum atomic E-state index is 13.4. The van der Waals surface area contributed by atoms with Crippen molar-refractivity contribution in [3.05, 3.63) is 76.7 Å². The molecule has 0 aliphatic carbocycles. The molecule has 2 heterocycles. The summed E-state index contributed by atoms with van der Waals surface area (Å²) in [7, 11) is 0. The predicted molar refractivity (Wildman–Crippen MR) is 118 cm³/mol. The van der Waals surface area contributed by atoms with Gasteiger partial charge in [-0.3, -0.25) is 9.59 Å². The first-order valence-corrected chi connectivity index (χ1v) is 10.3. The topological polar surface area (TPSA) is 45.6 Å². The van der Waals surface area contributed by atoms with Crippen molar-refractivity contribution in [2.24, 2.45) is 5.92 Å². The molecule has 29 heavy (non-hydrogen) atoms. The highest BCUT2D eigenvalue weighted by Gasteiger charge is 2.24. The van der Waals surface area contributed by atoms with E-state index in [1.807, 2.05) is 47.4 Å². The molecule has 5 nitrogen and oxygen atoms in total. The van der Waals surface area contributed by atoms with Crippen LogP contribution < -0.4 is 10.5 Å². The number of aromatic nitrogens is 1. The molecule has 1 fully saturated rings. The van der Waals surface area contributed by atoms with E-state index in [4.69, 9.17) is 0 Å². The third-order valence-corrected chi connectivity index (χ3v) is 5.47. The number of hydrogen-bond donors (Lipinski definition) is 0. The molecule has 1 amide bonds. The molecule has 1 saturated heterocycles. The van der Waals surface area contributed by atoms with Gasteiger partial charge in [-0.2, -0.15) is 0 Å². The fourth-order valence-electron chi connectivity index (χ4n) is 4.02. The van der Waals surface area contributed by atoms with Crippen LogP contribution in [0, 0.1) is 5.92 Å². The van der Waals surface area contributed by atoms with Gasteiger partial charge >= 0.3 is 0 Å². The summed E-state index contributed by atoms with van der Waals surface area (Å²) in [6.45, 7) is 7.71. The van der Waals surface area contributed by atoms with Gasteiger partial charge in [-0.1, -0.05) is 50.2 Å². The smallest absolute Gasteiger partial charge is 0.258 e. The number of para-hydroxylation sites is 1. The van der Waals surface area contributed by atoms with E-state index in [0.717, 1.165) is 18.5 Å². The van der Waals surface area contributed by atoms with Crippen molar-refractivity contribution >= 4 is 22.4 Å². The number of nitrogens with zero attached hydrogens (tertiary/aromatic N) is 3. The first kappa shape index (κ1) is 19.2. The highest BCUT2D eigenvalue weighted by molar-refractivity contribution is 6.06. The Morgan fingerprint density at radius 1 is 0.897 bits per heavy atom. The first-order valence-electron chi connectivity index (χ1n) is 10.3. The number of amides is 1. The summed E-state index contributed by atoms with van der Waals surface area (Å²) < 4.78 is 1.69. The zero-order valence-corrected chi connectivity index (χ0v) is 17.0. The molecule has 0 spiro atoms. The molecular weight excluding hydrogens is 362 g/mol. The maximum Gasteiger partial charge on any atom is 0.258 e. The van der Waals surface area contributed by atoms with Crippen LogP contribution in [0.5, 0.6) is 0 Å². The Kier molecular flexibility index (Phi) is 5.38. The van der Waals surface area contributed by atoms with E-state index in [0.29, 0.717) is 36.5 Å². The van der Waals surface area contributed by atoms with Crippen LogP contribution in [0.15, 0.2) is 65.6 Å². The molecule has 0 N–H and O–H groups in total. The van der Waals surface area contributed by atoms with Crippen LogP contribution in [-0.2, 0) is 6.54 Å². The largest absolute Gasteiger partial charge is 0.368 e. The second-order valence-electron chi connectivity index (χ2n) is 8.05. The standard InChI is InChI=1S/C24H27N3O2/c1-18(2)16-27-17-22(20-10-6-7-11-21(20)23(27)28)24(29)26-14-12-25(13-15-26)19-8-4-3-5-9-19/h3-11,17-18H,12-16H2,1-2H3. The first-order chi connectivity index (χ1) is 14.0. The molecule has 2 aromatic carbocycles. The fourth-order valence-corrected chi connectivity index (χ4v) is 4.02. The number of carbonyl (C=O) groups excluding carboxylic acids is 1. The average molecular weight is 389 g/mol. The molecule has 0 atom stereocenters. The number of carbonyl (C=O) groups is 1. The van der Waals surface area contributed by atoms with Gasteiger partial charge in [-0.05, 0) is 24.1 Å². The van der Waals surface area contributed by atoms with Gasteiger partial charge in [0.1, 0.15) is 0 Å². The Balaban J connectivity index is 1.62. The Hall–Kier alpha value is -3.08. The molecule has 0 saturated carbocycles. The lowest BCUT2D eigenvalue weighted by molar-refractivity contribution is 0.0747. The van der Waals surface area contributed by atoms with E-state index in [-0.39, 0.29) is 11.5 Å². The molecule has 5 heteroatoms. The SMILES string of the molecule is CC(C)Cn1cc(C(=O)N2CCN(c3ccccc3)CC2)c2ccccc2c1=O. The van der Waals surface area contributed by atoms with Gasteiger partial charge in [0, 0.05) is 55.4 Å². The highest BCUT2D eigenvalue weighted by atomic mass is 16.2. The van der Waals surface area contributed by atoms with Crippen molar-refractivity contribution in [1.82, 2.24) is 9.47 Å². The number of piperazine rings is 1. The number of benzene rings is 2. The van der Waals surface area contributed by atoms with E-state index < -0.39 is 0 Å². The summed E-state index contributed by atoms with van der Waals surface area (Å²) >= 11 is 0. The number of pyridine rings is 1. The van der Waals surface area contributed by atoms with Gasteiger partial charge in [0.15, 0.2) is 0 Å². The molecule has 4 rings (SSSR count). The second kappa shape index (κ2) is 8.11. The molecular formula is C24H27N3O2. The van der Waals surface area contributed by atoms with E-state index in [2.05, 4.69) is 30.9 Å². The van der Waals surface area contributed by atoms with Crippen LogP contribution in [0.4, 0.5) is 5.69 Å². The lowest BCUT2D eigenvalue weighted by Crippen LogP contribution is -2.49. The van der Waals surface area contributed by atoms with Crippen LogP contribution in [0.2, 0.25) is 0 Å². The van der Waals surface area contributed by atoms with Gasteiger partial charge in [0.05, 0.1) is 5.56 Å². The molecule has 0 unspecified atom stereocenters. The van der Waals surface area contributed by atoms with Crippen molar-refractivity contribution in [2.45, 2.75) is 20.4 Å². The summed E-state index contributed by atoms with van der Waals surface area (Å²) in [4.78, 5) is 30.5. The molecule has 1 aromatic heterocycles. The van der Waals surface area contributed by atoms with Gasteiger partial charge in [0.2, 0.25) is 0 Å². The van der Waals surface area contributed by atoms with Gasteiger partial charge in [-0.25, -0.2) is 0 Å². The zero-order chi connectivity index (χ0) is 20.4. The minimum absolute atomic E-state index is 0.00594. The van der Waals surface area contributed by atoms with Crippen LogP contribution in [0.1, 0.15) is 24.2 Å². The van der Waals surface area contributed by atoms with E-state index in [9.17, 15) is 9.59 Å². The van der Waals surface area contributed by atoms with Crippen molar-refractivity contribution in [1.29, 1.82) is 0 Å². The Labute approximate surface area is 171 Å². The minimum Gasteiger partial charge on any atom is -0.368 e. The van der Waals surface area contributed by atoms with Gasteiger partial charge in [-0.15, -0.1) is 0 Å². The van der Waals surface area contributed by atoms with E-state index in [1.54, 1.807) is 10.8 Å². The summed E-state index contributed by atoms with van der Waals surface area (Å²) in [5.41, 5.74) is 1.78. The summed E-state index contributed by atoms with van der Waals surface area (Å²) in [5.74, 6) is 0.331. The molecule has 3 aromatic rings. The minimum atomic E-state index is -0.0280.